The van der Waals surface area contributed by atoms with Crippen LogP contribution >= 0.6 is 0 Å². The van der Waals surface area contributed by atoms with Crippen molar-refractivity contribution in [2.45, 2.75) is 24.7 Å². The van der Waals surface area contributed by atoms with Crippen LogP contribution in [0, 0.1) is 0 Å². The molecule has 1 aromatic rings. The minimum atomic E-state index is -1.22. The largest absolute Gasteiger partial charge is 0.285 e. The van der Waals surface area contributed by atoms with Gasteiger partial charge in [-0.2, -0.15) is 0 Å². The first kappa shape index (κ1) is 10.6. The van der Waals surface area contributed by atoms with Crippen LogP contribution in [-0.4, -0.2) is 8.42 Å². The fourth-order valence-corrected chi connectivity index (χ4v) is 3.65. The molecule has 0 saturated carbocycles. The molecule has 0 amide bonds. The maximum Gasteiger partial charge on any atom is 0.160 e. The Morgan fingerprint density at radius 3 is 1.75 bits per heavy atom. The zero-order valence-corrected chi connectivity index (χ0v) is 10.1. The van der Waals surface area contributed by atoms with Crippen molar-refractivity contribution >= 4 is 22.2 Å². The van der Waals surface area contributed by atoms with Crippen LogP contribution in [0.3, 0.4) is 0 Å². The van der Waals surface area contributed by atoms with E-state index in [9.17, 15) is 8.42 Å². The smallest absolute Gasteiger partial charge is 0.160 e. The first-order valence-electron chi connectivity index (χ1n) is 4.89. The lowest BCUT2D eigenvalue weighted by molar-refractivity contribution is 0.319. The van der Waals surface area contributed by atoms with Crippen molar-refractivity contribution in [2.24, 2.45) is 0 Å². The van der Waals surface area contributed by atoms with Gasteiger partial charge in [0.1, 0.15) is 0 Å². The predicted molar refractivity (Wildman–Crippen MR) is 59.7 cm³/mol. The average molecular weight is 258 g/mol. The summed E-state index contributed by atoms with van der Waals surface area (Å²) in [6.45, 7) is 0.774. The number of fused-ring (bicyclic) bond motifs is 2. The third-order valence-electron chi connectivity index (χ3n) is 2.76. The molecule has 3 rings (SSSR count). The SMILES string of the molecule is O=[S@@]1Cc2cc3c(cc2CO1)CO[S@](=O)C3. The molecule has 0 radical (unpaired) electrons. The maximum absolute atomic E-state index is 11.3. The fourth-order valence-electron chi connectivity index (χ4n) is 1.92. The normalized spacial score (nSPS) is 28.2. The monoisotopic (exact) mass is 258 g/mol. The second-order valence-corrected chi connectivity index (χ2v) is 6.07. The molecule has 86 valence electrons. The van der Waals surface area contributed by atoms with E-state index in [2.05, 4.69) is 0 Å². The van der Waals surface area contributed by atoms with Gasteiger partial charge in [-0.25, -0.2) is 8.42 Å². The molecular formula is C10H10O4S2. The van der Waals surface area contributed by atoms with Gasteiger partial charge in [-0.05, 0) is 22.3 Å². The van der Waals surface area contributed by atoms with Gasteiger partial charge in [0, 0.05) is 0 Å². The molecule has 0 aromatic heterocycles. The molecule has 2 heterocycles. The molecule has 0 saturated heterocycles. The summed E-state index contributed by atoms with van der Waals surface area (Å²) < 4.78 is 32.7. The van der Waals surface area contributed by atoms with Crippen molar-refractivity contribution in [2.75, 3.05) is 0 Å². The molecule has 16 heavy (non-hydrogen) atoms. The molecule has 0 aliphatic carbocycles. The highest BCUT2D eigenvalue weighted by Crippen LogP contribution is 2.27. The van der Waals surface area contributed by atoms with Gasteiger partial charge in [0.2, 0.25) is 0 Å². The third kappa shape index (κ3) is 1.86. The summed E-state index contributed by atoms with van der Waals surface area (Å²) >= 11 is -2.44. The Bertz CT molecular complexity index is 457. The van der Waals surface area contributed by atoms with Crippen LogP contribution in [0.25, 0.3) is 0 Å². The Morgan fingerprint density at radius 2 is 1.25 bits per heavy atom. The van der Waals surface area contributed by atoms with Gasteiger partial charge < -0.3 is 0 Å². The van der Waals surface area contributed by atoms with Crippen LogP contribution in [0.1, 0.15) is 22.3 Å². The topological polar surface area (TPSA) is 52.6 Å². The molecule has 4 nitrogen and oxygen atoms in total. The van der Waals surface area contributed by atoms with E-state index >= 15 is 0 Å². The van der Waals surface area contributed by atoms with Crippen molar-refractivity contribution < 1.29 is 16.8 Å². The zero-order valence-electron chi connectivity index (χ0n) is 8.43. The molecule has 2 aliphatic heterocycles. The molecular weight excluding hydrogens is 248 g/mol. The van der Waals surface area contributed by atoms with E-state index < -0.39 is 22.2 Å². The van der Waals surface area contributed by atoms with Gasteiger partial charge in [0.05, 0.1) is 24.7 Å². The summed E-state index contributed by atoms with van der Waals surface area (Å²) in [5, 5.41) is 0. The van der Waals surface area contributed by atoms with E-state index in [0.717, 1.165) is 22.3 Å². The van der Waals surface area contributed by atoms with Crippen LogP contribution < -0.4 is 0 Å². The second-order valence-electron chi connectivity index (χ2n) is 3.81. The highest BCUT2D eigenvalue weighted by Gasteiger charge is 2.21. The Morgan fingerprint density at radius 1 is 0.812 bits per heavy atom. The van der Waals surface area contributed by atoms with Crippen LogP contribution in [0.2, 0.25) is 0 Å². The second kappa shape index (κ2) is 4.03. The highest BCUT2D eigenvalue weighted by atomic mass is 32.2. The van der Waals surface area contributed by atoms with Gasteiger partial charge in [-0.15, -0.1) is 0 Å². The Hall–Kier alpha value is -0.560. The zero-order chi connectivity index (χ0) is 11.1. The Labute approximate surface area is 98.3 Å². The Kier molecular flexibility index (Phi) is 2.67. The van der Waals surface area contributed by atoms with Crippen LogP contribution in [0.5, 0.6) is 0 Å². The number of hydrogen-bond donors (Lipinski definition) is 0. The van der Waals surface area contributed by atoms with Crippen molar-refractivity contribution in [1.82, 2.24) is 0 Å². The summed E-state index contributed by atoms with van der Waals surface area (Å²) in [6.07, 6.45) is 0. The minimum absolute atomic E-state index is 0.387. The van der Waals surface area contributed by atoms with Crippen LogP contribution in [-0.2, 0) is 55.2 Å². The predicted octanol–water partition coefficient (Wildman–Crippen LogP) is 1.07. The van der Waals surface area contributed by atoms with Crippen LogP contribution in [0.4, 0.5) is 0 Å². The van der Waals surface area contributed by atoms with Crippen molar-refractivity contribution in [1.29, 1.82) is 0 Å². The average Bonchev–Trinajstić information content (AvgIpc) is 2.26. The first-order valence-corrected chi connectivity index (χ1v) is 7.38. The lowest BCUT2D eigenvalue weighted by Crippen LogP contribution is -2.16. The van der Waals surface area contributed by atoms with Crippen molar-refractivity contribution in [3.8, 4) is 0 Å². The molecule has 6 heteroatoms. The van der Waals surface area contributed by atoms with Crippen molar-refractivity contribution in [3.05, 3.63) is 34.4 Å². The lowest BCUT2D eigenvalue weighted by atomic mass is 10.0. The molecule has 0 fully saturated rings. The molecule has 0 bridgehead atoms. The standard InChI is InChI=1S/C10H10O4S2/c11-15-5-9-2-10-6-16(12)14-4-8(10)1-7(9)3-13-15/h1-2H,3-6H2/t15-,16-/m0/s1. The van der Waals surface area contributed by atoms with Gasteiger partial charge in [-0.3, -0.25) is 8.37 Å². The molecule has 2 atom stereocenters. The number of rotatable bonds is 0. The molecule has 0 unspecified atom stereocenters. The van der Waals surface area contributed by atoms with E-state index in [1.54, 1.807) is 0 Å². The highest BCUT2D eigenvalue weighted by molar-refractivity contribution is 7.79. The third-order valence-corrected chi connectivity index (χ3v) is 4.62. The number of hydrogen-bond acceptors (Lipinski definition) is 4. The van der Waals surface area contributed by atoms with Crippen molar-refractivity contribution in [3.63, 3.8) is 0 Å². The quantitative estimate of drug-likeness (QED) is 0.698. The molecule has 1 aromatic carbocycles. The van der Waals surface area contributed by atoms with Gasteiger partial charge in [-0.1, -0.05) is 12.1 Å². The summed E-state index contributed by atoms with van der Waals surface area (Å²) in [6, 6.07) is 4.00. The van der Waals surface area contributed by atoms with E-state index in [0.29, 0.717) is 24.7 Å². The fraction of sp³-hybridized carbons (Fsp3) is 0.400. The van der Waals surface area contributed by atoms with E-state index in [-0.39, 0.29) is 0 Å². The van der Waals surface area contributed by atoms with E-state index in [4.69, 9.17) is 8.37 Å². The van der Waals surface area contributed by atoms with E-state index in [1.807, 2.05) is 12.1 Å². The lowest BCUT2D eigenvalue weighted by Gasteiger charge is -2.21. The summed E-state index contributed by atoms with van der Waals surface area (Å²) in [5.41, 5.74) is 4.22. The summed E-state index contributed by atoms with van der Waals surface area (Å²) in [5.74, 6) is 0.853. The van der Waals surface area contributed by atoms with Gasteiger partial charge >= 0.3 is 0 Å². The summed E-state index contributed by atoms with van der Waals surface area (Å²) in [7, 11) is 0. The first-order chi connectivity index (χ1) is 7.72. The maximum atomic E-state index is 11.3. The van der Waals surface area contributed by atoms with E-state index in [1.165, 1.54) is 0 Å². The van der Waals surface area contributed by atoms with Crippen LogP contribution in [0.15, 0.2) is 12.1 Å². The molecule has 0 spiro atoms. The van der Waals surface area contributed by atoms with Gasteiger partial charge in [0.25, 0.3) is 0 Å². The number of benzene rings is 1. The summed E-state index contributed by atoms with van der Waals surface area (Å²) in [4.78, 5) is 0. The van der Waals surface area contributed by atoms with Gasteiger partial charge in [0.15, 0.2) is 22.2 Å². The minimum Gasteiger partial charge on any atom is -0.285 e. The molecule has 2 aliphatic rings. The Balaban J connectivity index is 2.05. The molecule has 0 N–H and O–H groups in total.